The Morgan fingerprint density at radius 1 is 1.29 bits per heavy atom. The molecule has 12 heteroatoms. The van der Waals surface area contributed by atoms with Gasteiger partial charge in [-0.25, -0.2) is 10.4 Å². The first-order valence-corrected chi connectivity index (χ1v) is 11.2. The number of aromatic nitrogens is 5. The minimum atomic E-state index is -0.414. The van der Waals surface area contributed by atoms with Gasteiger partial charge in [-0.2, -0.15) is 4.98 Å². The molecule has 0 saturated heterocycles. The monoisotopic (exact) mass is 457 g/mol. The van der Waals surface area contributed by atoms with Crippen molar-refractivity contribution in [1.82, 2.24) is 30.5 Å². The lowest BCUT2D eigenvalue weighted by atomic mass is 10.2. The normalized spacial score (nSPS) is 12.1. The fourth-order valence-corrected chi connectivity index (χ4v) is 4.56. The Morgan fingerprint density at radius 3 is 2.84 bits per heavy atom. The fraction of sp³-hybridized carbons (Fsp3) is 0.263. The summed E-state index contributed by atoms with van der Waals surface area (Å²) in [5.41, 5.74) is 6.71. The standard InChI is InChI=1S/C19H19N7O3S2/c1-9-10(2)31-18-14(9)17(28)21-13(22-18)8-30-11(3)16(27)24-25-19-23-15(26-29-19)12-4-6-20-7-5-12/h4-7,11H,8H2,1-3H3,(H,24,27)(H,21,22,28)(H,23,25,26). The van der Waals surface area contributed by atoms with Crippen molar-refractivity contribution in [2.24, 2.45) is 0 Å². The molecule has 31 heavy (non-hydrogen) atoms. The van der Waals surface area contributed by atoms with Crippen LogP contribution in [0.1, 0.15) is 23.2 Å². The summed E-state index contributed by atoms with van der Waals surface area (Å²) in [4.78, 5) is 42.0. The number of fused-ring (bicyclic) bond motifs is 1. The molecule has 0 aliphatic rings. The van der Waals surface area contributed by atoms with Crippen LogP contribution in [0.3, 0.4) is 0 Å². The first kappa shape index (κ1) is 21.0. The van der Waals surface area contributed by atoms with Crippen molar-refractivity contribution >= 4 is 45.2 Å². The van der Waals surface area contributed by atoms with Gasteiger partial charge in [0.25, 0.3) is 11.5 Å². The maximum atomic E-state index is 12.4. The molecule has 0 saturated carbocycles. The van der Waals surface area contributed by atoms with Crippen LogP contribution in [-0.4, -0.2) is 36.2 Å². The highest BCUT2D eigenvalue weighted by atomic mass is 32.2. The fourth-order valence-electron chi connectivity index (χ4n) is 2.76. The van der Waals surface area contributed by atoms with Crippen LogP contribution < -0.4 is 16.4 Å². The third-order valence-corrected chi connectivity index (χ3v) is 6.84. The molecule has 0 radical (unpaired) electrons. The number of nitrogens with zero attached hydrogens (tertiary/aromatic N) is 4. The van der Waals surface area contributed by atoms with Crippen molar-refractivity contribution < 1.29 is 9.32 Å². The number of pyridine rings is 1. The van der Waals surface area contributed by atoms with Crippen LogP contribution in [0.2, 0.25) is 0 Å². The second-order valence-electron chi connectivity index (χ2n) is 6.70. The molecule has 0 bridgehead atoms. The maximum Gasteiger partial charge on any atom is 0.340 e. The van der Waals surface area contributed by atoms with E-state index in [0.717, 1.165) is 20.8 Å². The molecular formula is C19H19N7O3S2. The summed E-state index contributed by atoms with van der Waals surface area (Å²) in [7, 11) is 0. The van der Waals surface area contributed by atoms with E-state index in [4.69, 9.17) is 4.52 Å². The van der Waals surface area contributed by atoms with Crippen molar-refractivity contribution in [1.29, 1.82) is 0 Å². The minimum Gasteiger partial charge on any atom is -0.313 e. The molecule has 0 aliphatic heterocycles. The summed E-state index contributed by atoms with van der Waals surface area (Å²) in [6.07, 6.45) is 3.25. The maximum absolute atomic E-state index is 12.4. The number of rotatable bonds is 7. The van der Waals surface area contributed by atoms with Crippen molar-refractivity contribution in [3.05, 3.63) is 51.1 Å². The van der Waals surface area contributed by atoms with E-state index in [2.05, 4.69) is 35.9 Å². The SMILES string of the molecule is Cc1sc2nc(CSC(C)C(=O)NNc3nc(-c4ccncc4)no3)[nH]c(=O)c2c1C. The number of thioether (sulfide) groups is 1. The summed E-state index contributed by atoms with van der Waals surface area (Å²) < 4.78 is 5.08. The Labute approximate surface area is 184 Å². The average molecular weight is 458 g/mol. The van der Waals surface area contributed by atoms with Crippen LogP contribution in [-0.2, 0) is 10.5 Å². The predicted octanol–water partition coefficient (Wildman–Crippen LogP) is 2.81. The van der Waals surface area contributed by atoms with Gasteiger partial charge in [0.1, 0.15) is 10.7 Å². The molecule has 10 nitrogen and oxygen atoms in total. The van der Waals surface area contributed by atoms with Crippen molar-refractivity contribution in [3.63, 3.8) is 0 Å². The Balaban J connectivity index is 1.33. The number of anilines is 1. The largest absolute Gasteiger partial charge is 0.340 e. The average Bonchev–Trinajstić information content (AvgIpc) is 3.35. The number of aryl methyl sites for hydroxylation is 2. The number of amides is 1. The summed E-state index contributed by atoms with van der Waals surface area (Å²) in [6.45, 7) is 5.65. The lowest BCUT2D eigenvalue weighted by Crippen LogP contribution is -2.35. The second kappa shape index (κ2) is 8.86. The van der Waals surface area contributed by atoms with Gasteiger partial charge in [0, 0.05) is 22.8 Å². The van der Waals surface area contributed by atoms with Gasteiger partial charge in [-0.1, -0.05) is 5.16 Å². The van der Waals surface area contributed by atoms with Crippen LogP contribution in [0, 0.1) is 13.8 Å². The van der Waals surface area contributed by atoms with E-state index < -0.39 is 5.25 Å². The number of carbonyl (C=O) groups excluding carboxylic acids is 1. The van der Waals surface area contributed by atoms with Crippen LogP contribution in [0.5, 0.6) is 0 Å². The van der Waals surface area contributed by atoms with Crippen LogP contribution in [0.15, 0.2) is 33.8 Å². The zero-order chi connectivity index (χ0) is 22.0. The van der Waals surface area contributed by atoms with Gasteiger partial charge < -0.3 is 9.51 Å². The van der Waals surface area contributed by atoms with Gasteiger partial charge in [0.2, 0.25) is 5.82 Å². The molecular weight excluding hydrogens is 438 g/mol. The molecule has 1 atom stereocenters. The first-order valence-electron chi connectivity index (χ1n) is 9.33. The van der Waals surface area contributed by atoms with E-state index in [0.29, 0.717) is 22.8 Å². The Hall–Kier alpha value is -3.25. The number of hydrazine groups is 1. The molecule has 0 spiro atoms. The first-order chi connectivity index (χ1) is 14.9. The van der Waals surface area contributed by atoms with Gasteiger partial charge in [0.05, 0.1) is 16.4 Å². The molecule has 4 rings (SSSR count). The zero-order valence-electron chi connectivity index (χ0n) is 16.9. The van der Waals surface area contributed by atoms with Gasteiger partial charge >= 0.3 is 6.01 Å². The number of thiophene rings is 1. The molecule has 4 heterocycles. The highest BCUT2D eigenvalue weighted by molar-refractivity contribution is 7.99. The zero-order valence-corrected chi connectivity index (χ0v) is 18.6. The third-order valence-electron chi connectivity index (χ3n) is 4.58. The minimum absolute atomic E-state index is 0.0669. The third kappa shape index (κ3) is 4.59. The molecule has 1 amide bonds. The molecule has 4 aromatic heterocycles. The number of carbonyl (C=O) groups is 1. The van der Waals surface area contributed by atoms with Gasteiger partial charge in [-0.05, 0) is 38.5 Å². The van der Waals surface area contributed by atoms with Crippen LogP contribution in [0.25, 0.3) is 21.6 Å². The summed E-state index contributed by atoms with van der Waals surface area (Å²) in [5, 5.41) is 4.07. The molecule has 160 valence electrons. The quantitative estimate of drug-likeness (QED) is 0.357. The molecule has 1 unspecified atom stereocenters. The van der Waals surface area contributed by atoms with E-state index in [1.165, 1.54) is 23.1 Å². The van der Waals surface area contributed by atoms with E-state index >= 15 is 0 Å². The molecule has 3 N–H and O–H groups in total. The predicted molar refractivity (Wildman–Crippen MR) is 120 cm³/mol. The number of nitrogens with one attached hydrogen (secondary N) is 3. The van der Waals surface area contributed by atoms with Crippen molar-refractivity contribution in [2.45, 2.75) is 31.8 Å². The Bertz CT molecular complexity index is 1280. The van der Waals surface area contributed by atoms with Gasteiger partial charge in [-0.3, -0.25) is 20.0 Å². The topological polar surface area (TPSA) is 139 Å². The number of aromatic amines is 1. The van der Waals surface area contributed by atoms with Gasteiger partial charge in [-0.15, -0.1) is 23.1 Å². The summed E-state index contributed by atoms with van der Waals surface area (Å²) in [5.74, 6) is 1.03. The number of hydrogen-bond donors (Lipinski definition) is 3. The lowest BCUT2D eigenvalue weighted by Gasteiger charge is -2.11. The summed E-state index contributed by atoms with van der Waals surface area (Å²) >= 11 is 2.85. The van der Waals surface area contributed by atoms with Crippen LogP contribution >= 0.6 is 23.1 Å². The highest BCUT2D eigenvalue weighted by Crippen LogP contribution is 2.26. The molecule has 0 aliphatic carbocycles. The van der Waals surface area contributed by atoms with Crippen molar-refractivity contribution in [2.75, 3.05) is 5.43 Å². The summed E-state index contributed by atoms with van der Waals surface area (Å²) in [6, 6.07) is 3.57. The van der Waals surface area contributed by atoms with E-state index in [9.17, 15) is 9.59 Å². The molecule has 0 aromatic carbocycles. The molecule has 0 fully saturated rings. The number of hydrogen-bond acceptors (Lipinski definition) is 10. The van der Waals surface area contributed by atoms with Gasteiger partial charge in [0.15, 0.2) is 0 Å². The second-order valence-corrected chi connectivity index (χ2v) is 9.23. The van der Waals surface area contributed by atoms with E-state index in [-0.39, 0.29) is 17.5 Å². The Morgan fingerprint density at radius 2 is 2.06 bits per heavy atom. The highest BCUT2D eigenvalue weighted by Gasteiger charge is 2.17. The van der Waals surface area contributed by atoms with E-state index in [1.807, 2.05) is 13.8 Å². The van der Waals surface area contributed by atoms with Crippen molar-refractivity contribution in [3.8, 4) is 11.4 Å². The lowest BCUT2D eigenvalue weighted by molar-refractivity contribution is -0.119. The van der Waals surface area contributed by atoms with Crippen LogP contribution in [0.4, 0.5) is 6.01 Å². The van der Waals surface area contributed by atoms with E-state index in [1.54, 1.807) is 31.5 Å². The molecule has 4 aromatic rings. The number of H-pyrrole nitrogens is 1. The Kier molecular flexibility index (Phi) is 6.00. The smallest absolute Gasteiger partial charge is 0.313 e.